The minimum atomic E-state index is -0.501. The van der Waals surface area contributed by atoms with Gasteiger partial charge in [0.15, 0.2) is 5.82 Å². The van der Waals surface area contributed by atoms with Crippen LogP contribution >= 0.6 is 0 Å². The molecule has 1 rings (SSSR count). The van der Waals surface area contributed by atoms with Crippen LogP contribution < -0.4 is 22.5 Å². The van der Waals surface area contributed by atoms with Crippen molar-refractivity contribution in [2.75, 3.05) is 23.3 Å². The molecule has 7 N–H and O–H groups in total. The summed E-state index contributed by atoms with van der Waals surface area (Å²) >= 11 is 0. The number of amides is 1. The summed E-state index contributed by atoms with van der Waals surface area (Å²) in [5.41, 5.74) is 16.0. The first-order valence-electron chi connectivity index (χ1n) is 3.49. The Hall–Kier alpha value is -2.05. The van der Waals surface area contributed by atoms with E-state index in [2.05, 4.69) is 15.3 Å². The predicted octanol–water partition coefficient (Wildman–Crippen LogP) is -1.46. The lowest BCUT2D eigenvalue weighted by molar-refractivity contribution is -0.116. The van der Waals surface area contributed by atoms with E-state index in [1.807, 2.05) is 0 Å². The molecule has 0 aliphatic rings. The van der Waals surface area contributed by atoms with Gasteiger partial charge in [0.05, 0.1) is 18.4 Å². The lowest BCUT2D eigenvalue weighted by Crippen LogP contribution is -2.22. The van der Waals surface area contributed by atoms with E-state index in [4.69, 9.17) is 17.2 Å². The zero-order valence-corrected chi connectivity index (χ0v) is 6.82. The van der Waals surface area contributed by atoms with Crippen LogP contribution in [0.25, 0.3) is 0 Å². The predicted molar refractivity (Wildman–Crippen MR) is 48.5 cm³/mol. The highest BCUT2D eigenvalue weighted by atomic mass is 16.1. The van der Waals surface area contributed by atoms with Crippen molar-refractivity contribution < 1.29 is 4.79 Å². The molecule has 13 heavy (non-hydrogen) atoms. The largest absolute Gasteiger partial charge is 0.394 e. The maximum absolute atomic E-state index is 10.4. The summed E-state index contributed by atoms with van der Waals surface area (Å²) in [6, 6.07) is 0. The Morgan fingerprint density at radius 3 is 2.77 bits per heavy atom. The van der Waals surface area contributed by atoms with Crippen molar-refractivity contribution >= 4 is 23.4 Å². The average Bonchev–Trinajstić information content (AvgIpc) is 2.07. The van der Waals surface area contributed by atoms with Crippen molar-refractivity contribution in [1.82, 2.24) is 9.97 Å². The SMILES string of the molecule is NC(=O)CNc1ncc(N)c(N)n1. The van der Waals surface area contributed by atoms with Crippen molar-refractivity contribution in [2.45, 2.75) is 0 Å². The molecule has 0 aromatic carbocycles. The van der Waals surface area contributed by atoms with E-state index in [1.54, 1.807) is 0 Å². The van der Waals surface area contributed by atoms with Crippen molar-refractivity contribution in [3.05, 3.63) is 6.20 Å². The minimum absolute atomic E-state index is 0.0383. The molecule has 7 heteroatoms. The van der Waals surface area contributed by atoms with Gasteiger partial charge >= 0.3 is 0 Å². The number of hydrogen-bond donors (Lipinski definition) is 4. The Bertz CT molecular complexity index is 325. The molecule has 0 aliphatic heterocycles. The molecule has 1 heterocycles. The van der Waals surface area contributed by atoms with Crippen LogP contribution in [0.1, 0.15) is 0 Å². The molecule has 0 unspecified atom stereocenters. The third-order valence-electron chi connectivity index (χ3n) is 1.27. The van der Waals surface area contributed by atoms with Gasteiger partial charge in [-0.25, -0.2) is 4.98 Å². The van der Waals surface area contributed by atoms with E-state index in [-0.39, 0.29) is 18.3 Å². The maximum atomic E-state index is 10.4. The normalized spacial score (nSPS) is 9.54. The van der Waals surface area contributed by atoms with Crippen LogP contribution in [0.3, 0.4) is 0 Å². The Morgan fingerprint density at radius 1 is 1.54 bits per heavy atom. The molecular weight excluding hydrogens is 172 g/mol. The molecule has 0 spiro atoms. The molecule has 70 valence electrons. The molecule has 0 bridgehead atoms. The summed E-state index contributed by atoms with van der Waals surface area (Å²) in [7, 11) is 0. The topological polar surface area (TPSA) is 133 Å². The average molecular weight is 182 g/mol. The van der Waals surface area contributed by atoms with E-state index in [9.17, 15) is 4.79 Å². The van der Waals surface area contributed by atoms with Gasteiger partial charge in [0.25, 0.3) is 0 Å². The van der Waals surface area contributed by atoms with Gasteiger partial charge in [0.2, 0.25) is 11.9 Å². The second-order valence-corrected chi connectivity index (χ2v) is 2.35. The fourth-order valence-corrected chi connectivity index (χ4v) is 0.656. The first-order valence-corrected chi connectivity index (χ1v) is 3.49. The van der Waals surface area contributed by atoms with Gasteiger partial charge in [-0.1, -0.05) is 0 Å². The second-order valence-electron chi connectivity index (χ2n) is 2.35. The van der Waals surface area contributed by atoms with Crippen LogP contribution in [-0.2, 0) is 4.79 Å². The summed E-state index contributed by atoms with van der Waals surface area (Å²) in [6.07, 6.45) is 1.35. The van der Waals surface area contributed by atoms with Crippen LogP contribution in [-0.4, -0.2) is 22.4 Å². The number of aromatic nitrogens is 2. The standard InChI is InChI=1S/C6H10N6O/c7-3-1-10-6(12-5(3)9)11-2-4(8)13/h1H,2,7H2,(H2,8,13)(H3,9,10,11,12). The molecule has 7 nitrogen and oxygen atoms in total. The van der Waals surface area contributed by atoms with Gasteiger partial charge < -0.3 is 22.5 Å². The van der Waals surface area contributed by atoms with Crippen LogP contribution in [0.5, 0.6) is 0 Å². The number of primary amides is 1. The number of nitrogens with two attached hydrogens (primary N) is 3. The van der Waals surface area contributed by atoms with E-state index in [1.165, 1.54) is 6.20 Å². The number of carbonyl (C=O) groups excluding carboxylic acids is 1. The van der Waals surface area contributed by atoms with Gasteiger partial charge in [-0.05, 0) is 0 Å². The van der Waals surface area contributed by atoms with Gasteiger partial charge in [0, 0.05) is 0 Å². The lowest BCUT2D eigenvalue weighted by atomic mass is 10.5. The third kappa shape index (κ3) is 2.47. The number of carbonyl (C=O) groups is 1. The Kier molecular flexibility index (Phi) is 2.48. The van der Waals surface area contributed by atoms with Crippen LogP contribution in [0.2, 0.25) is 0 Å². The highest BCUT2D eigenvalue weighted by Gasteiger charge is 2.00. The van der Waals surface area contributed by atoms with Crippen LogP contribution in [0.15, 0.2) is 6.20 Å². The number of hydrogen-bond acceptors (Lipinski definition) is 6. The van der Waals surface area contributed by atoms with Gasteiger partial charge in [-0.2, -0.15) is 4.98 Å². The van der Waals surface area contributed by atoms with Crippen molar-refractivity contribution in [3.8, 4) is 0 Å². The maximum Gasteiger partial charge on any atom is 0.236 e. The summed E-state index contributed by atoms with van der Waals surface area (Å²) in [5.74, 6) is -0.105. The molecule has 0 saturated heterocycles. The molecule has 0 atom stereocenters. The number of nitrogen functional groups attached to an aromatic ring is 2. The highest BCUT2D eigenvalue weighted by molar-refractivity contribution is 5.78. The van der Waals surface area contributed by atoms with Crippen molar-refractivity contribution in [1.29, 1.82) is 0 Å². The molecule has 0 aliphatic carbocycles. The number of rotatable bonds is 3. The highest BCUT2D eigenvalue weighted by Crippen LogP contribution is 2.10. The van der Waals surface area contributed by atoms with Crippen LogP contribution in [0, 0.1) is 0 Å². The van der Waals surface area contributed by atoms with E-state index in [0.29, 0.717) is 5.69 Å². The minimum Gasteiger partial charge on any atom is -0.394 e. The van der Waals surface area contributed by atoms with Gasteiger partial charge in [-0.15, -0.1) is 0 Å². The Labute approximate surface area is 74.3 Å². The fraction of sp³-hybridized carbons (Fsp3) is 0.167. The van der Waals surface area contributed by atoms with Crippen LogP contribution in [0.4, 0.5) is 17.5 Å². The third-order valence-corrected chi connectivity index (χ3v) is 1.27. The monoisotopic (exact) mass is 182 g/mol. The molecule has 1 aromatic heterocycles. The summed E-state index contributed by atoms with van der Waals surface area (Å²) in [6.45, 7) is -0.0383. The van der Waals surface area contributed by atoms with E-state index < -0.39 is 5.91 Å². The first kappa shape index (κ1) is 9.04. The second kappa shape index (κ2) is 3.57. The summed E-state index contributed by atoms with van der Waals surface area (Å²) in [5, 5.41) is 2.58. The molecule has 0 saturated carbocycles. The zero-order valence-electron chi connectivity index (χ0n) is 6.82. The fourth-order valence-electron chi connectivity index (χ4n) is 0.656. The summed E-state index contributed by atoms with van der Waals surface area (Å²) in [4.78, 5) is 17.9. The quantitative estimate of drug-likeness (QED) is 0.451. The molecule has 0 radical (unpaired) electrons. The molecule has 1 amide bonds. The molecule has 0 fully saturated rings. The molecule has 1 aromatic rings. The zero-order chi connectivity index (χ0) is 9.84. The van der Waals surface area contributed by atoms with Gasteiger partial charge in [0.1, 0.15) is 0 Å². The summed E-state index contributed by atoms with van der Waals surface area (Å²) < 4.78 is 0. The number of nitrogens with zero attached hydrogens (tertiary/aromatic N) is 2. The van der Waals surface area contributed by atoms with Crippen molar-refractivity contribution in [3.63, 3.8) is 0 Å². The van der Waals surface area contributed by atoms with E-state index >= 15 is 0 Å². The van der Waals surface area contributed by atoms with Crippen molar-refractivity contribution in [2.24, 2.45) is 5.73 Å². The first-order chi connectivity index (χ1) is 6.09. The van der Waals surface area contributed by atoms with E-state index in [0.717, 1.165) is 0 Å². The lowest BCUT2D eigenvalue weighted by Gasteiger charge is -2.03. The smallest absolute Gasteiger partial charge is 0.236 e. The Balaban J connectivity index is 2.68. The number of anilines is 3. The molecular formula is C6H10N6O. The number of nitrogens with one attached hydrogen (secondary N) is 1. The van der Waals surface area contributed by atoms with Gasteiger partial charge in [-0.3, -0.25) is 4.79 Å². The Morgan fingerprint density at radius 2 is 2.23 bits per heavy atom.